The van der Waals surface area contributed by atoms with E-state index in [-0.39, 0.29) is 0 Å². The van der Waals surface area contributed by atoms with Gasteiger partial charge in [-0.05, 0) is 25.8 Å². The predicted octanol–water partition coefficient (Wildman–Crippen LogP) is 1.36. The number of aromatic nitrogens is 2. The molecule has 0 radical (unpaired) electrons. The van der Waals surface area contributed by atoms with Crippen molar-refractivity contribution < 1.29 is 0 Å². The van der Waals surface area contributed by atoms with Crippen LogP contribution < -0.4 is 5.73 Å². The third-order valence-corrected chi connectivity index (χ3v) is 2.19. The van der Waals surface area contributed by atoms with Crippen molar-refractivity contribution in [3.05, 3.63) is 18.2 Å². The van der Waals surface area contributed by atoms with Crippen LogP contribution in [0, 0.1) is 0 Å². The molecule has 0 aliphatic carbocycles. The van der Waals surface area contributed by atoms with E-state index in [9.17, 15) is 0 Å². The summed E-state index contributed by atoms with van der Waals surface area (Å²) >= 11 is 0. The zero-order valence-electron chi connectivity index (χ0n) is 7.83. The molecular weight excluding hydrogens is 150 g/mol. The third kappa shape index (κ3) is 1.85. The Balaban J connectivity index is 2.71. The molecule has 1 aromatic heterocycles. The Bertz CT molecular complexity index is 229. The van der Waals surface area contributed by atoms with Gasteiger partial charge in [-0.15, -0.1) is 0 Å². The molecule has 0 fully saturated rings. The highest BCUT2D eigenvalue weighted by molar-refractivity contribution is 5.04. The Hall–Kier alpha value is -0.830. The number of hydrogen-bond acceptors (Lipinski definition) is 2. The molecule has 3 heteroatoms. The standard InChI is InChI=1S/C9H17N3/c1-3-12-7-11-6-9(12)8(2)4-5-10/h6-8H,3-5,10H2,1-2H3. The molecule has 1 unspecified atom stereocenters. The number of nitrogens with zero attached hydrogens (tertiary/aromatic N) is 2. The molecule has 12 heavy (non-hydrogen) atoms. The quantitative estimate of drug-likeness (QED) is 0.735. The van der Waals surface area contributed by atoms with E-state index in [2.05, 4.69) is 23.4 Å². The zero-order chi connectivity index (χ0) is 8.97. The zero-order valence-corrected chi connectivity index (χ0v) is 7.83. The smallest absolute Gasteiger partial charge is 0.0948 e. The molecular formula is C9H17N3. The van der Waals surface area contributed by atoms with E-state index in [4.69, 9.17) is 5.73 Å². The first-order valence-corrected chi connectivity index (χ1v) is 4.49. The molecule has 1 heterocycles. The van der Waals surface area contributed by atoms with Crippen molar-refractivity contribution in [1.29, 1.82) is 0 Å². The second kappa shape index (κ2) is 4.26. The number of nitrogens with two attached hydrogens (primary N) is 1. The SMILES string of the molecule is CCn1cncc1C(C)CCN. The van der Waals surface area contributed by atoms with Crippen LogP contribution in [0.4, 0.5) is 0 Å². The molecule has 1 rings (SSSR count). The van der Waals surface area contributed by atoms with E-state index in [1.165, 1.54) is 5.69 Å². The van der Waals surface area contributed by atoms with E-state index in [1.807, 2.05) is 12.5 Å². The van der Waals surface area contributed by atoms with Crippen LogP contribution in [0.5, 0.6) is 0 Å². The average molecular weight is 167 g/mol. The van der Waals surface area contributed by atoms with Crippen LogP contribution in [-0.2, 0) is 6.54 Å². The summed E-state index contributed by atoms with van der Waals surface area (Å²) in [7, 11) is 0. The number of imidazole rings is 1. The van der Waals surface area contributed by atoms with E-state index in [1.54, 1.807) is 0 Å². The molecule has 0 saturated heterocycles. The van der Waals surface area contributed by atoms with Crippen LogP contribution in [0.2, 0.25) is 0 Å². The number of rotatable bonds is 4. The Morgan fingerprint density at radius 1 is 1.67 bits per heavy atom. The molecule has 68 valence electrons. The van der Waals surface area contributed by atoms with Gasteiger partial charge in [0.2, 0.25) is 0 Å². The average Bonchev–Trinajstić information content (AvgIpc) is 2.51. The summed E-state index contributed by atoms with van der Waals surface area (Å²) in [5.74, 6) is 0.525. The van der Waals surface area contributed by atoms with Crippen molar-refractivity contribution in [2.24, 2.45) is 5.73 Å². The lowest BCUT2D eigenvalue weighted by Gasteiger charge is -2.11. The number of aryl methyl sites for hydroxylation is 1. The lowest BCUT2D eigenvalue weighted by molar-refractivity contribution is 0.610. The summed E-state index contributed by atoms with van der Waals surface area (Å²) < 4.78 is 2.17. The van der Waals surface area contributed by atoms with E-state index in [0.29, 0.717) is 5.92 Å². The molecule has 0 spiro atoms. The molecule has 0 aliphatic heterocycles. The second-order valence-electron chi connectivity index (χ2n) is 3.08. The van der Waals surface area contributed by atoms with Gasteiger partial charge in [-0.1, -0.05) is 6.92 Å². The lowest BCUT2D eigenvalue weighted by Crippen LogP contribution is -2.08. The molecule has 0 amide bonds. The van der Waals surface area contributed by atoms with Gasteiger partial charge in [0, 0.05) is 18.4 Å². The molecule has 0 aliphatic rings. The van der Waals surface area contributed by atoms with E-state index >= 15 is 0 Å². The first kappa shape index (κ1) is 9.26. The maximum atomic E-state index is 5.50. The fourth-order valence-corrected chi connectivity index (χ4v) is 1.40. The molecule has 0 saturated carbocycles. The van der Waals surface area contributed by atoms with Gasteiger partial charge in [0.1, 0.15) is 0 Å². The summed E-state index contributed by atoms with van der Waals surface area (Å²) in [6, 6.07) is 0. The highest BCUT2D eigenvalue weighted by atomic mass is 15.0. The van der Waals surface area contributed by atoms with Gasteiger partial charge < -0.3 is 10.3 Å². The van der Waals surface area contributed by atoms with Crippen molar-refractivity contribution in [1.82, 2.24) is 9.55 Å². The topological polar surface area (TPSA) is 43.8 Å². The minimum absolute atomic E-state index is 0.525. The van der Waals surface area contributed by atoms with Crippen LogP contribution in [0.3, 0.4) is 0 Å². The van der Waals surface area contributed by atoms with Crippen LogP contribution in [0.1, 0.15) is 31.9 Å². The van der Waals surface area contributed by atoms with Crippen molar-refractivity contribution >= 4 is 0 Å². The second-order valence-corrected chi connectivity index (χ2v) is 3.08. The highest BCUT2D eigenvalue weighted by Crippen LogP contribution is 2.17. The molecule has 2 N–H and O–H groups in total. The van der Waals surface area contributed by atoms with Gasteiger partial charge in [-0.25, -0.2) is 4.98 Å². The number of hydrogen-bond donors (Lipinski definition) is 1. The van der Waals surface area contributed by atoms with Crippen molar-refractivity contribution in [2.75, 3.05) is 6.54 Å². The fourth-order valence-electron chi connectivity index (χ4n) is 1.40. The van der Waals surface area contributed by atoms with Crippen LogP contribution in [0.25, 0.3) is 0 Å². The molecule has 0 aromatic carbocycles. The van der Waals surface area contributed by atoms with Gasteiger partial charge in [-0.2, -0.15) is 0 Å². The van der Waals surface area contributed by atoms with Gasteiger partial charge in [0.05, 0.1) is 6.33 Å². The summed E-state index contributed by atoms with van der Waals surface area (Å²) in [4.78, 5) is 4.12. The molecule has 0 bridgehead atoms. The Kier molecular flexibility index (Phi) is 3.29. The van der Waals surface area contributed by atoms with Crippen molar-refractivity contribution in [2.45, 2.75) is 32.7 Å². The van der Waals surface area contributed by atoms with E-state index < -0.39 is 0 Å². The van der Waals surface area contributed by atoms with Gasteiger partial charge in [-0.3, -0.25) is 0 Å². The van der Waals surface area contributed by atoms with Gasteiger partial charge >= 0.3 is 0 Å². The lowest BCUT2D eigenvalue weighted by atomic mass is 10.0. The summed E-state index contributed by atoms with van der Waals surface area (Å²) in [5, 5.41) is 0. The molecule has 1 atom stereocenters. The highest BCUT2D eigenvalue weighted by Gasteiger charge is 2.08. The van der Waals surface area contributed by atoms with Crippen LogP contribution in [-0.4, -0.2) is 16.1 Å². The predicted molar refractivity (Wildman–Crippen MR) is 50.0 cm³/mol. The summed E-state index contributed by atoms with van der Waals surface area (Å²) in [6.45, 7) is 6.05. The summed E-state index contributed by atoms with van der Waals surface area (Å²) in [6.07, 6.45) is 4.85. The maximum Gasteiger partial charge on any atom is 0.0948 e. The minimum atomic E-state index is 0.525. The van der Waals surface area contributed by atoms with Crippen LogP contribution in [0.15, 0.2) is 12.5 Å². The van der Waals surface area contributed by atoms with Gasteiger partial charge in [0.15, 0.2) is 0 Å². The summed E-state index contributed by atoms with van der Waals surface area (Å²) in [5.41, 5.74) is 6.79. The maximum absolute atomic E-state index is 5.50. The fraction of sp³-hybridized carbons (Fsp3) is 0.667. The Morgan fingerprint density at radius 3 is 3.00 bits per heavy atom. The Labute approximate surface area is 73.6 Å². The third-order valence-electron chi connectivity index (χ3n) is 2.19. The first-order chi connectivity index (χ1) is 5.79. The molecule has 3 nitrogen and oxygen atoms in total. The monoisotopic (exact) mass is 167 g/mol. The van der Waals surface area contributed by atoms with Crippen LogP contribution >= 0.6 is 0 Å². The largest absolute Gasteiger partial charge is 0.335 e. The Morgan fingerprint density at radius 2 is 2.42 bits per heavy atom. The first-order valence-electron chi connectivity index (χ1n) is 4.49. The molecule has 1 aromatic rings. The van der Waals surface area contributed by atoms with Crippen molar-refractivity contribution in [3.8, 4) is 0 Å². The minimum Gasteiger partial charge on any atom is -0.335 e. The van der Waals surface area contributed by atoms with E-state index in [0.717, 1.165) is 19.5 Å². The normalized spacial score (nSPS) is 13.2. The van der Waals surface area contributed by atoms with Gasteiger partial charge in [0.25, 0.3) is 0 Å². The van der Waals surface area contributed by atoms with Crippen molar-refractivity contribution in [3.63, 3.8) is 0 Å².